The lowest BCUT2D eigenvalue weighted by atomic mass is 9.81. The van der Waals surface area contributed by atoms with E-state index in [0.717, 1.165) is 27.5 Å². The minimum atomic E-state index is -0.515. The largest absolute Gasteiger partial charge is 0.495 e. The van der Waals surface area contributed by atoms with Crippen LogP contribution in [0.4, 0.5) is 4.39 Å². The van der Waals surface area contributed by atoms with Crippen molar-refractivity contribution in [1.82, 2.24) is 9.55 Å². The maximum absolute atomic E-state index is 14.2. The number of hydrogen-bond donors (Lipinski definition) is 1. The third kappa shape index (κ3) is 5.28. The van der Waals surface area contributed by atoms with Crippen molar-refractivity contribution in [3.8, 4) is 11.4 Å². The second-order valence-corrected chi connectivity index (χ2v) is 10.8. The predicted molar refractivity (Wildman–Crippen MR) is 145 cm³/mol. The summed E-state index contributed by atoms with van der Waals surface area (Å²) in [6.07, 6.45) is 1.84. The third-order valence-corrected chi connectivity index (χ3v) is 7.93. The molecule has 0 amide bonds. The first kappa shape index (κ1) is 26.6. The molecule has 3 aromatic carbocycles. The standard InChI is InChI=1S/C28H27Cl2FN2O2S/c1-17-5-6-18(23(30)11-17)16-36-27-32-14-26(33(27)21-8-10-24(31)19(12-21)15-34)28(2,3)20-7-9-22(29)25(13-20)35-4/h5-14,34H,15-16H2,1-4H3. The van der Waals surface area contributed by atoms with Gasteiger partial charge in [-0.05, 0) is 60.0 Å². The van der Waals surface area contributed by atoms with E-state index in [-0.39, 0.29) is 5.56 Å². The average molecular weight is 546 g/mol. The lowest BCUT2D eigenvalue weighted by Crippen LogP contribution is -2.23. The molecular formula is C28H27Cl2FN2O2S. The van der Waals surface area contributed by atoms with Crippen molar-refractivity contribution in [2.24, 2.45) is 0 Å². The Morgan fingerprint density at radius 3 is 2.50 bits per heavy atom. The van der Waals surface area contributed by atoms with Crippen molar-refractivity contribution in [2.45, 2.75) is 43.7 Å². The molecule has 4 aromatic rings. The number of rotatable bonds is 8. The highest BCUT2D eigenvalue weighted by Gasteiger charge is 2.30. The van der Waals surface area contributed by atoms with Gasteiger partial charge in [0.15, 0.2) is 5.16 Å². The van der Waals surface area contributed by atoms with E-state index in [9.17, 15) is 9.50 Å². The number of aliphatic hydroxyl groups excluding tert-OH is 1. The summed E-state index contributed by atoms with van der Waals surface area (Å²) in [5, 5.41) is 11.7. The van der Waals surface area contributed by atoms with E-state index < -0.39 is 17.8 Å². The van der Waals surface area contributed by atoms with Gasteiger partial charge in [-0.2, -0.15) is 0 Å². The zero-order chi connectivity index (χ0) is 26.0. The minimum absolute atomic E-state index is 0.218. The summed E-state index contributed by atoms with van der Waals surface area (Å²) in [4.78, 5) is 4.75. The zero-order valence-electron chi connectivity index (χ0n) is 20.5. The number of methoxy groups -OCH3 is 1. The summed E-state index contributed by atoms with van der Waals surface area (Å²) in [7, 11) is 1.59. The van der Waals surface area contributed by atoms with Crippen molar-refractivity contribution in [2.75, 3.05) is 7.11 Å². The molecule has 1 aromatic heterocycles. The van der Waals surface area contributed by atoms with Gasteiger partial charge in [0.2, 0.25) is 0 Å². The maximum atomic E-state index is 14.2. The molecule has 0 fully saturated rings. The molecule has 8 heteroatoms. The molecule has 0 saturated carbocycles. The van der Waals surface area contributed by atoms with Gasteiger partial charge < -0.3 is 9.84 Å². The van der Waals surface area contributed by atoms with Gasteiger partial charge in [-0.3, -0.25) is 4.57 Å². The van der Waals surface area contributed by atoms with Crippen LogP contribution in [0.3, 0.4) is 0 Å². The molecule has 1 N–H and O–H groups in total. The average Bonchev–Trinajstić information content (AvgIpc) is 3.29. The van der Waals surface area contributed by atoms with E-state index in [4.69, 9.17) is 32.9 Å². The summed E-state index contributed by atoms with van der Waals surface area (Å²) in [6.45, 7) is 5.78. The second kappa shape index (κ2) is 10.9. The number of aryl methyl sites for hydroxylation is 1. The summed E-state index contributed by atoms with van der Waals surface area (Å²) < 4.78 is 21.7. The Labute approximate surface area is 225 Å². The Morgan fingerprint density at radius 2 is 1.81 bits per heavy atom. The molecule has 1 heterocycles. The minimum Gasteiger partial charge on any atom is -0.495 e. The molecule has 188 valence electrons. The first-order valence-corrected chi connectivity index (χ1v) is 13.1. The van der Waals surface area contributed by atoms with E-state index in [1.165, 1.54) is 6.07 Å². The number of hydrogen-bond acceptors (Lipinski definition) is 4. The Kier molecular flexibility index (Phi) is 8.00. The van der Waals surface area contributed by atoms with Crippen molar-refractivity contribution in [3.05, 3.63) is 105 Å². The Bertz CT molecular complexity index is 1400. The van der Waals surface area contributed by atoms with Crippen molar-refractivity contribution in [3.63, 3.8) is 0 Å². The van der Waals surface area contributed by atoms with Gasteiger partial charge >= 0.3 is 0 Å². The van der Waals surface area contributed by atoms with Crippen LogP contribution >= 0.6 is 35.0 Å². The molecule has 0 atom stereocenters. The molecule has 4 nitrogen and oxygen atoms in total. The Balaban J connectivity index is 1.82. The van der Waals surface area contributed by atoms with Gasteiger partial charge in [-0.15, -0.1) is 0 Å². The molecule has 0 bridgehead atoms. The topological polar surface area (TPSA) is 47.3 Å². The smallest absolute Gasteiger partial charge is 0.173 e. The van der Waals surface area contributed by atoms with E-state index in [1.807, 2.05) is 54.1 Å². The van der Waals surface area contributed by atoms with Crippen molar-refractivity contribution < 1.29 is 14.2 Å². The number of imidazole rings is 1. The van der Waals surface area contributed by atoms with E-state index >= 15 is 0 Å². The molecule has 4 rings (SSSR count). The SMILES string of the molecule is COc1cc(C(C)(C)c2cnc(SCc3ccc(C)cc3Cl)n2-c2ccc(F)c(CO)c2)ccc1Cl. The number of ether oxygens (including phenoxy) is 1. The summed E-state index contributed by atoms with van der Waals surface area (Å²) >= 11 is 14.3. The van der Waals surface area contributed by atoms with E-state index in [2.05, 4.69) is 13.8 Å². The number of nitrogens with zero attached hydrogens (tertiary/aromatic N) is 2. The number of thioether (sulfide) groups is 1. The quantitative estimate of drug-likeness (QED) is 0.230. The summed E-state index contributed by atoms with van der Waals surface area (Å²) in [5.41, 5.74) is 4.38. The third-order valence-electron chi connectivity index (χ3n) is 6.27. The molecule has 0 spiro atoms. The van der Waals surface area contributed by atoms with Gasteiger partial charge in [0, 0.05) is 27.4 Å². The number of halogens is 3. The molecule has 0 aliphatic carbocycles. The van der Waals surface area contributed by atoms with Gasteiger partial charge in [-0.25, -0.2) is 9.37 Å². The zero-order valence-corrected chi connectivity index (χ0v) is 22.8. The normalized spacial score (nSPS) is 11.7. The fourth-order valence-electron chi connectivity index (χ4n) is 4.06. The van der Waals surface area contributed by atoms with E-state index in [1.54, 1.807) is 31.0 Å². The Hall–Kier alpha value is -2.51. The fraction of sp³-hybridized carbons (Fsp3) is 0.250. The molecule has 0 saturated heterocycles. The highest BCUT2D eigenvalue weighted by Crippen LogP contribution is 2.39. The van der Waals surface area contributed by atoms with E-state index in [0.29, 0.717) is 27.2 Å². The number of aromatic nitrogens is 2. The van der Waals surface area contributed by atoms with Crippen LogP contribution in [0.1, 0.15) is 41.8 Å². The first-order chi connectivity index (χ1) is 17.1. The molecule has 0 aliphatic rings. The van der Waals surface area contributed by atoms with Crippen LogP contribution in [0.25, 0.3) is 5.69 Å². The van der Waals surface area contributed by atoms with Gasteiger partial charge in [0.25, 0.3) is 0 Å². The number of benzene rings is 3. The highest BCUT2D eigenvalue weighted by atomic mass is 35.5. The highest BCUT2D eigenvalue weighted by molar-refractivity contribution is 7.98. The molecule has 36 heavy (non-hydrogen) atoms. The van der Waals surface area contributed by atoms with Crippen LogP contribution in [0, 0.1) is 12.7 Å². The second-order valence-electron chi connectivity index (χ2n) is 9.05. The molecule has 0 aliphatic heterocycles. The molecule has 0 unspecified atom stereocenters. The van der Waals surface area contributed by atoms with Gasteiger partial charge in [0.1, 0.15) is 11.6 Å². The van der Waals surface area contributed by atoms with Crippen LogP contribution in [-0.4, -0.2) is 21.8 Å². The van der Waals surface area contributed by atoms with Crippen LogP contribution in [-0.2, 0) is 17.8 Å². The van der Waals surface area contributed by atoms with Crippen LogP contribution in [0.15, 0.2) is 66.0 Å². The monoisotopic (exact) mass is 544 g/mol. The maximum Gasteiger partial charge on any atom is 0.173 e. The Morgan fingerprint density at radius 1 is 1.03 bits per heavy atom. The van der Waals surface area contributed by atoms with Crippen LogP contribution in [0.5, 0.6) is 5.75 Å². The van der Waals surface area contributed by atoms with Crippen LogP contribution in [0.2, 0.25) is 10.0 Å². The summed E-state index contributed by atoms with van der Waals surface area (Å²) in [6, 6.07) is 16.4. The van der Waals surface area contributed by atoms with Crippen LogP contribution < -0.4 is 4.74 Å². The fourth-order valence-corrected chi connectivity index (χ4v) is 5.63. The lowest BCUT2D eigenvalue weighted by Gasteiger charge is -2.28. The lowest BCUT2D eigenvalue weighted by molar-refractivity contribution is 0.275. The van der Waals surface area contributed by atoms with Gasteiger partial charge in [-0.1, -0.05) is 67.0 Å². The van der Waals surface area contributed by atoms with Crippen molar-refractivity contribution >= 4 is 35.0 Å². The predicted octanol–water partition coefficient (Wildman–Crippen LogP) is 7.75. The first-order valence-electron chi connectivity index (χ1n) is 11.4. The summed E-state index contributed by atoms with van der Waals surface area (Å²) in [5.74, 6) is 0.741. The molecular weight excluding hydrogens is 518 g/mol. The number of aliphatic hydroxyl groups is 1. The van der Waals surface area contributed by atoms with Gasteiger partial charge in [0.05, 0.1) is 30.6 Å². The molecule has 0 radical (unpaired) electrons. The van der Waals surface area contributed by atoms with Crippen molar-refractivity contribution in [1.29, 1.82) is 0 Å².